The van der Waals surface area contributed by atoms with Gasteiger partial charge in [-0.3, -0.25) is 4.79 Å². The lowest BCUT2D eigenvalue weighted by Gasteiger charge is -2.18. The standard InChI is InChI=1S/C24H20Cl2N4O2/c1-16-6-2-3-7-21(16)30-24(28-10-4-5-11-28)18-13-29(14-20(18)27-30)23(31)15-32-22-9-8-17(25)12-19(22)26/h2-12H,13-15H2,1H3. The first kappa shape index (κ1) is 20.7. The van der Waals surface area contributed by atoms with E-state index < -0.39 is 0 Å². The van der Waals surface area contributed by atoms with Gasteiger partial charge in [-0.15, -0.1) is 0 Å². The number of nitrogens with zero attached hydrogens (tertiary/aromatic N) is 4. The van der Waals surface area contributed by atoms with Gasteiger partial charge in [0.05, 0.1) is 29.5 Å². The van der Waals surface area contributed by atoms with Crippen LogP contribution in [0, 0.1) is 6.92 Å². The number of ether oxygens (including phenoxy) is 1. The van der Waals surface area contributed by atoms with Crippen LogP contribution in [-0.4, -0.2) is 31.8 Å². The van der Waals surface area contributed by atoms with Gasteiger partial charge in [0.15, 0.2) is 6.61 Å². The summed E-state index contributed by atoms with van der Waals surface area (Å²) in [6.45, 7) is 2.85. The smallest absolute Gasteiger partial charge is 0.261 e. The van der Waals surface area contributed by atoms with E-state index in [0.29, 0.717) is 28.9 Å². The summed E-state index contributed by atoms with van der Waals surface area (Å²) in [5, 5.41) is 5.77. The molecule has 1 amide bonds. The molecule has 0 fully saturated rings. The lowest BCUT2D eigenvalue weighted by atomic mass is 10.2. The number of hydrogen-bond donors (Lipinski definition) is 0. The Morgan fingerprint density at radius 3 is 2.59 bits per heavy atom. The Hall–Kier alpha value is -3.22. The number of aromatic nitrogens is 3. The molecular formula is C24H20Cl2N4O2. The van der Waals surface area contributed by atoms with Crippen molar-refractivity contribution < 1.29 is 9.53 Å². The predicted molar refractivity (Wildman–Crippen MR) is 124 cm³/mol. The molecule has 0 bridgehead atoms. The Morgan fingerprint density at radius 2 is 1.84 bits per heavy atom. The molecule has 5 rings (SSSR count). The number of aryl methyl sites for hydroxylation is 1. The van der Waals surface area contributed by atoms with Gasteiger partial charge in [-0.2, -0.15) is 5.10 Å². The zero-order valence-corrected chi connectivity index (χ0v) is 18.8. The number of halogens is 2. The van der Waals surface area contributed by atoms with Crippen molar-refractivity contribution in [2.24, 2.45) is 0 Å². The van der Waals surface area contributed by atoms with Gasteiger partial charge in [0.2, 0.25) is 0 Å². The molecule has 0 N–H and O–H groups in total. The van der Waals surface area contributed by atoms with E-state index >= 15 is 0 Å². The molecule has 0 unspecified atom stereocenters. The van der Waals surface area contributed by atoms with Crippen LogP contribution in [0.3, 0.4) is 0 Å². The molecule has 0 aliphatic carbocycles. The van der Waals surface area contributed by atoms with E-state index in [4.69, 9.17) is 33.0 Å². The maximum atomic E-state index is 12.9. The molecule has 1 aliphatic heterocycles. The Labute approximate surface area is 195 Å². The first-order valence-electron chi connectivity index (χ1n) is 10.2. The molecule has 0 saturated carbocycles. The lowest BCUT2D eigenvalue weighted by molar-refractivity contribution is -0.134. The number of amides is 1. The molecule has 8 heteroatoms. The fourth-order valence-corrected chi connectivity index (χ4v) is 4.37. The lowest BCUT2D eigenvalue weighted by Crippen LogP contribution is -2.31. The highest BCUT2D eigenvalue weighted by molar-refractivity contribution is 6.35. The van der Waals surface area contributed by atoms with E-state index in [2.05, 4.69) is 19.1 Å². The fourth-order valence-electron chi connectivity index (χ4n) is 3.91. The van der Waals surface area contributed by atoms with E-state index in [-0.39, 0.29) is 12.5 Å². The third-order valence-electron chi connectivity index (χ3n) is 5.52. The Morgan fingerprint density at radius 1 is 1.06 bits per heavy atom. The zero-order valence-electron chi connectivity index (χ0n) is 17.3. The van der Waals surface area contributed by atoms with Crippen molar-refractivity contribution in [2.45, 2.75) is 20.0 Å². The maximum absolute atomic E-state index is 12.9. The minimum absolute atomic E-state index is 0.109. The molecule has 4 aromatic rings. The molecule has 32 heavy (non-hydrogen) atoms. The van der Waals surface area contributed by atoms with Crippen molar-refractivity contribution in [3.8, 4) is 17.3 Å². The SMILES string of the molecule is Cc1ccccc1-n1nc2c(c1-n1cccc1)CN(C(=O)COc1ccc(Cl)cc1Cl)C2. The highest BCUT2D eigenvalue weighted by Crippen LogP contribution is 2.32. The van der Waals surface area contributed by atoms with E-state index in [1.165, 1.54) is 0 Å². The van der Waals surface area contributed by atoms with E-state index in [1.807, 2.05) is 45.9 Å². The number of carbonyl (C=O) groups is 1. The Bertz CT molecular complexity index is 1300. The summed E-state index contributed by atoms with van der Waals surface area (Å²) in [6.07, 6.45) is 3.98. The molecule has 2 aromatic heterocycles. The van der Waals surface area contributed by atoms with Crippen LogP contribution in [-0.2, 0) is 17.9 Å². The first-order chi connectivity index (χ1) is 15.5. The van der Waals surface area contributed by atoms with E-state index in [0.717, 1.165) is 28.3 Å². The number of fused-ring (bicyclic) bond motifs is 1. The Kier molecular flexibility index (Phi) is 5.41. The Balaban J connectivity index is 1.40. The van der Waals surface area contributed by atoms with Gasteiger partial charge in [-0.25, -0.2) is 4.68 Å². The first-order valence-corrected chi connectivity index (χ1v) is 10.9. The number of rotatable bonds is 5. The summed E-state index contributed by atoms with van der Waals surface area (Å²) in [5.41, 5.74) is 4.06. The average molecular weight is 467 g/mol. The molecule has 6 nitrogen and oxygen atoms in total. The topological polar surface area (TPSA) is 52.3 Å². The van der Waals surface area contributed by atoms with Crippen molar-refractivity contribution in [3.63, 3.8) is 0 Å². The molecule has 3 heterocycles. The third-order valence-corrected chi connectivity index (χ3v) is 6.05. The zero-order chi connectivity index (χ0) is 22.2. The van der Waals surface area contributed by atoms with Crippen LogP contribution < -0.4 is 4.74 Å². The van der Waals surface area contributed by atoms with Gasteiger partial charge in [0.1, 0.15) is 11.6 Å². The number of hydrogen-bond acceptors (Lipinski definition) is 3. The van der Waals surface area contributed by atoms with Crippen molar-refractivity contribution >= 4 is 29.1 Å². The van der Waals surface area contributed by atoms with Gasteiger partial charge in [-0.1, -0.05) is 41.4 Å². The number of carbonyl (C=O) groups excluding carboxylic acids is 1. The van der Waals surface area contributed by atoms with Crippen LogP contribution in [0.4, 0.5) is 0 Å². The monoisotopic (exact) mass is 466 g/mol. The third kappa shape index (κ3) is 3.76. The molecular weight excluding hydrogens is 447 g/mol. The normalized spacial score (nSPS) is 12.8. The molecule has 0 saturated heterocycles. The van der Waals surface area contributed by atoms with Crippen molar-refractivity contribution in [1.82, 2.24) is 19.2 Å². The number of para-hydroxylation sites is 1. The maximum Gasteiger partial charge on any atom is 0.261 e. The van der Waals surface area contributed by atoms with Crippen LogP contribution in [0.5, 0.6) is 5.75 Å². The summed E-state index contributed by atoms with van der Waals surface area (Å²) in [5.74, 6) is 1.24. The largest absolute Gasteiger partial charge is 0.482 e. The molecule has 1 aliphatic rings. The second kappa shape index (κ2) is 8.37. The molecule has 0 spiro atoms. The highest BCUT2D eigenvalue weighted by Gasteiger charge is 2.31. The summed E-state index contributed by atoms with van der Waals surface area (Å²) < 4.78 is 9.64. The van der Waals surface area contributed by atoms with E-state index in [9.17, 15) is 4.79 Å². The van der Waals surface area contributed by atoms with Gasteiger partial charge in [0, 0.05) is 23.0 Å². The van der Waals surface area contributed by atoms with Crippen LogP contribution >= 0.6 is 23.2 Å². The van der Waals surface area contributed by atoms with Crippen molar-refractivity contribution in [3.05, 3.63) is 93.9 Å². The van der Waals surface area contributed by atoms with Gasteiger partial charge in [-0.05, 0) is 48.9 Å². The van der Waals surface area contributed by atoms with Gasteiger partial charge in [0.25, 0.3) is 5.91 Å². The van der Waals surface area contributed by atoms with Gasteiger partial charge < -0.3 is 14.2 Å². The average Bonchev–Trinajstić information content (AvgIpc) is 3.49. The summed E-state index contributed by atoms with van der Waals surface area (Å²) in [4.78, 5) is 14.6. The molecule has 0 atom stereocenters. The van der Waals surface area contributed by atoms with Crippen LogP contribution in [0.15, 0.2) is 67.0 Å². The fraction of sp³-hybridized carbons (Fsp3) is 0.167. The molecule has 0 radical (unpaired) electrons. The summed E-state index contributed by atoms with van der Waals surface area (Å²) in [7, 11) is 0. The number of benzene rings is 2. The van der Waals surface area contributed by atoms with Crippen molar-refractivity contribution in [1.29, 1.82) is 0 Å². The van der Waals surface area contributed by atoms with Crippen LogP contribution in [0.25, 0.3) is 11.5 Å². The van der Waals surface area contributed by atoms with E-state index in [1.54, 1.807) is 23.1 Å². The van der Waals surface area contributed by atoms with Crippen LogP contribution in [0.2, 0.25) is 10.0 Å². The highest BCUT2D eigenvalue weighted by atomic mass is 35.5. The predicted octanol–water partition coefficient (Wildman–Crippen LogP) is 5.20. The van der Waals surface area contributed by atoms with Crippen molar-refractivity contribution in [2.75, 3.05) is 6.61 Å². The summed E-state index contributed by atoms with van der Waals surface area (Å²) >= 11 is 12.1. The molecule has 2 aromatic carbocycles. The summed E-state index contributed by atoms with van der Waals surface area (Å²) in [6, 6.07) is 17.0. The minimum atomic E-state index is -0.130. The molecule has 162 valence electrons. The minimum Gasteiger partial charge on any atom is -0.482 e. The van der Waals surface area contributed by atoms with Crippen LogP contribution in [0.1, 0.15) is 16.8 Å². The van der Waals surface area contributed by atoms with Gasteiger partial charge >= 0.3 is 0 Å². The quantitative estimate of drug-likeness (QED) is 0.406. The second-order valence-electron chi connectivity index (χ2n) is 7.65. The second-order valence-corrected chi connectivity index (χ2v) is 8.49.